The van der Waals surface area contributed by atoms with Gasteiger partial charge in [-0.15, -0.1) is 0 Å². The Bertz CT molecular complexity index is 1810. The van der Waals surface area contributed by atoms with E-state index in [1.807, 2.05) is 43.3 Å². The molecule has 0 aromatic heterocycles. The fraction of sp³-hybridized carbons (Fsp3) is 0.617. The van der Waals surface area contributed by atoms with Crippen molar-refractivity contribution in [3.8, 4) is 5.75 Å². The van der Waals surface area contributed by atoms with E-state index in [0.717, 1.165) is 28.8 Å². The standard InChI is InChI=1S/C47H72N2O9SSi/c1-34(2)60(35(3)4,36(5)6)57-27-13-26-55-44-30-48-31-45(46(44)39-20-18-38(19-21-39)32-54-29-28-53-9)58-47(59(50,51)40-22-16-37(7)17-23-40)42-33-56-43-15-11-10-14-41(43)49(42)24-12-25-52-8/h10-11,14-23,34-36,42,44-48H,12-13,24-33H2,1-9H3/t42?,44-,45+,46+,47?/m1/s1. The Balaban J connectivity index is 1.48. The lowest BCUT2D eigenvalue weighted by atomic mass is 9.85. The van der Waals surface area contributed by atoms with Gasteiger partial charge in [-0.1, -0.05) is 95.6 Å². The third kappa shape index (κ3) is 11.8. The molecule has 13 heteroatoms. The Hall–Kier alpha value is -2.85. The number of aryl methyl sites for hydroxylation is 1. The van der Waals surface area contributed by atoms with Crippen molar-refractivity contribution in [2.45, 2.75) is 119 Å². The van der Waals surface area contributed by atoms with Crippen molar-refractivity contribution in [1.82, 2.24) is 5.32 Å². The molecule has 0 amide bonds. The number of nitrogens with zero attached hydrogens (tertiary/aromatic N) is 1. The molecule has 2 aliphatic heterocycles. The average molecular weight is 869 g/mol. The monoisotopic (exact) mass is 868 g/mol. The van der Waals surface area contributed by atoms with E-state index in [-0.39, 0.29) is 23.5 Å². The second-order valence-electron chi connectivity index (χ2n) is 17.2. The molecular formula is C47H72N2O9SSi. The first kappa shape index (κ1) is 48.2. The van der Waals surface area contributed by atoms with E-state index in [2.05, 4.69) is 76.0 Å². The number of methoxy groups -OCH3 is 2. The van der Waals surface area contributed by atoms with Crippen LogP contribution in [0.25, 0.3) is 0 Å². The zero-order chi connectivity index (χ0) is 43.3. The highest BCUT2D eigenvalue weighted by atomic mass is 32.2. The molecule has 2 heterocycles. The molecule has 11 nitrogen and oxygen atoms in total. The second-order valence-corrected chi connectivity index (χ2v) is 24.7. The molecule has 0 aliphatic carbocycles. The van der Waals surface area contributed by atoms with Crippen molar-refractivity contribution in [3.63, 3.8) is 0 Å². The van der Waals surface area contributed by atoms with Gasteiger partial charge in [0.25, 0.3) is 0 Å². The van der Waals surface area contributed by atoms with Gasteiger partial charge in [0.1, 0.15) is 18.4 Å². The van der Waals surface area contributed by atoms with E-state index in [0.29, 0.717) is 88.1 Å². The average Bonchev–Trinajstić information content (AvgIpc) is 3.23. The number of nitrogens with one attached hydrogen (secondary N) is 1. The highest BCUT2D eigenvalue weighted by Crippen LogP contribution is 2.43. The van der Waals surface area contributed by atoms with Gasteiger partial charge in [-0.25, -0.2) is 8.42 Å². The fourth-order valence-corrected chi connectivity index (χ4v) is 16.6. The molecule has 5 atom stereocenters. The zero-order valence-corrected chi connectivity index (χ0v) is 39.4. The zero-order valence-electron chi connectivity index (χ0n) is 37.6. The lowest BCUT2D eigenvalue weighted by molar-refractivity contribution is -0.0717. The van der Waals surface area contributed by atoms with Crippen LogP contribution in [0.2, 0.25) is 16.6 Å². The molecule has 1 saturated heterocycles. The molecule has 0 saturated carbocycles. The minimum atomic E-state index is -4.07. The van der Waals surface area contributed by atoms with Crippen molar-refractivity contribution < 1.29 is 41.3 Å². The van der Waals surface area contributed by atoms with E-state index >= 15 is 8.42 Å². The smallest absolute Gasteiger partial charge is 0.207 e. The first-order chi connectivity index (χ1) is 28.8. The first-order valence-corrected chi connectivity index (χ1v) is 25.6. The van der Waals surface area contributed by atoms with Crippen LogP contribution in [0.1, 0.15) is 77.0 Å². The number of rotatable bonds is 24. The van der Waals surface area contributed by atoms with Crippen LogP contribution in [0.4, 0.5) is 5.69 Å². The van der Waals surface area contributed by atoms with Gasteiger partial charge in [0.15, 0.2) is 13.8 Å². The Morgan fingerprint density at radius 3 is 2.12 bits per heavy atom. The largest absolute Gasteiger partial charge is 0.489 e. The maximum absolute atomic E-state index is 15.1. The van der Waals surface area contributed by atoms with Gasteiger partial charge in [-0.3, -0.25) is 0 Å². The molecule has 60 heavy (non-hydrogen) atoms. The summed E-state index contributed by atoms with van der Waals surface area (Å²) in [6.45, 7) is 20.7. The molecule has 2 unspecified atom stereocenters. The number of benzene rings is 3. The van der Waals surface area contributed by atoms with E-state index in [1.165, 1.54) is 0 Å². The van der Waals surface area contributed by atoms with Crippen LogP contribution >= 0.6 is 0 Å². The van der Waals surface area contributed by atoms with Crippen molar-refractivity contribution in [1.29, 1.82) is 0 Å². The molecular weight excluding hydrogens is 797 g/mol. The lowest BCUT2D eigenvalue weighted by Gasteiger charge is -2.45. The first-order valence-electron chi connectivity index (χ1n) is 21.9. The summed E-state index contributed by atoms with van der Waals surface area (Å²) in [5.74, 6) is 0.439. The summed E-state index contributed by atoms with van der Waals surface area (Å²) >= 11 is 0. The van der Waals surface area contributed by atoms with Gasteiger partial charge in [-0.05, 0) is 71.8 Å². The summed E-state index contributed by atoms with van der Waals surface area (Å²) in [7, 11) is -2.75. The molecule has 3 aromatic carbocycles. The van der Waals surface area contributed by atoms with Crippen LogP contribution < -0.4 is 15.0 Å². The molecule has 1 N–H and O–H groups in total. The van der Waals surface area contributed by atoms with Gasteiger partial charge in [0, 0.05) is 59.6 Å². The van der Waals surface area contributed by atoms with Crippen LogP contribution in [0.3, 0.4) is 0 Å². The van der Waals surface area contributed by atoms with Crippen molar-refractivity contribution in [2.24, 2.45) is 0 Å². The third-order valence-corrected chi connectivity index (χ3v) is 20.3. The topological polar surface area (TPSA) is 114 Å². The molecule has 0 bridgehead atoms. The summed E-state index contributed by atoms with van der Waals surface area (Å²) in [4.78, 5) is 2.35. The van der Waals surface area contributed by atoms with Crippen LogP contribution in [-0.4, -0.2) is 114 Å². The predicted octanol–water partition coefficient (Wildman–Crippen LogP) is 8.30. The Kier molecular flexibility index (Phi) is 18.5. The van der Waals surface area contributed by atoms with Crippen LogP contribution in [0.15, 0.2) is 77.7 Å². The van der Waals surface area contributed by atoms with E-state index in [1.54, 1.807) is 26.4 Å². The van der Waals surface area contributed by atoms with E-state index < -0.39 is 35.7 Å². The van der Waals surface area contributed by atoms with E-state index in [9.17, 15) is 0 Å². The fourth-order valence-electron chi connectivity index (χ4n) is 9.35. The van der Waals surface area contributed by atoms with Gasteiger partial charge in [0.05, 0.1) is 42.6 Å². The lowest BCUT2D eigenvalue weighted by Crippen LogP contribution is -2.58. The molecule has 334 valence electrons. The summed E-state index contributed by atoms with van der Waals surface area (Å²) in [6.07, 6.45) is 0.601. The number of fused-ring (bicyclic) bond motifs is 1. The molecule has 1 fully saturated rings. The Labute approximate surface area is 361 Å². The number of anilines is 1. The number of piperidine rings is 1. The molecule has 2 aliphatic rings. The van der Waals surface area contributed by atoms with Gasteiger partial charge < -0.3 is 43.1 Å². The SMILES string of the molecule is COCCCN1c2ccccc2OCC1C(O[C@H]1CNC[C@@H](OCCCO[Si](C(C)C)(C(C)C)C(C)C)[C@@H]1c1ccc(COCCOC)cc1)S(=O)(=O)c1ccc(C)cc1. The highest BCUT2D eigenvalue weighted by Gasteiger charge is 2.47. The number of para-hydroxylation sites is 2. The molecule has 5 rings (SSSR count). The van der Waals surface area contributed by atoms with Crippen molar-refractivity contribution in [2.75, 3.05) is 78.4 Å². The Morgan fingerprint density at radius 1 is 0.783 bits per heavy atom. The van der Waals surface area contributed by atoms with Crippen LogP contribution in [0, 0.1) is 6.92 Å². The van der Waals surface area contributed by atoms with Crippen molar-refractivity contribution in [3.05, 3.63) is 89.5 Å². The normalized spacial score (nSPS) is 20.4. The maximum Gasteiger partial charge on any atom is 0.207 e. The van der Waals surface area contributed by atoms with Crippen molar-refractivity contribution >= 4 is 23.8 Å². The quantitative estimate of drug-likeness (QED) is 0.0693. The summed E-state index contributed by atoms with van der Waals surface area (Å²) < 4.78 is 73.8. The maximum atomic E-state index is 15.1. The minimum Gasteiger partial charge on any atom is -0.489 e. The molecule has 3 aromatic rings. The predicted molar refractivity (Wildman–Crippen MR) is 242 cm³/mol. The van der Waals surface area contributed by atoms with Crippen LogP contribution in [-0.2, 0) is 44.6 Å². The number of sulfone groups is 1. The van der Waals surface area contributed by atoms with Gasteiger partial charge in [0.2, 0.25) is 9.84 Å². The van der Waals surface area contributed by atoms with Crippen LogP contribution in [0.5, 0.6) is 5.75 Å². The number of ether oxygens (including phenoxy) is 6. The number of hydrogen-bond acceptors (Lipinski definition) is 11. The summed E-state index contributed by atoms with van der Waals surface area (Å²) in [5, 5.41) is 3.56. The number of hydrogen-bond donors (Lipinski definition) is 1. The van der Waals surface area contributed by atoms with E-state index in [4.69, 9.17) is 32.8 Å². The highest BCUT2D eigenvalue weighted by molar-refractivity contribution is 7.92. The van der Waals surface area contributed by atoms with Gasteiger partial charge >= 0.3 is 0 Å². The second kappa shape index (κ2) is 23.0. The minimum absolute atomic E-state index is 0.135. The van der Waals surface area contributed by atoms with Gasteiger partial charge in [-0.2, -0.15) is 0 Å². The molecule has 0 spiro atoms. The summed E-state index contributed by atoms with van der Waals surface area (Å²) in [5.41, 5.74) is 4.09. The third-order valence-electron chi connectivity index (χ3n) is 12.2. The Morgan fingerprint density at radius 2 is 1.45 bits per heavy atom. The summed E-state index contributed by atoms with van der Waals surface area (Å²) in [6, 6.07) is 22.5. The molecule has 0 radical (unpaired) electrons.